The Morgan fingerprint density at radius 2 is 0.829 bits per heavy atom. The van der Waals surface area contributed by atoms with E-state index < -0.39 is 17.8 Å². The average Bonchev–Trinajstić information content (AvgIpc) is 2.77. The van der Waals surface area contributed by atoms with Gasteiger partial charge in [-0.15, -0.1) is 0 Å². The van der Waals surface area contributed by atoms with E-state index in [1.807, 2.05) is 20.8 Å². The van der Waals surface area contributed by atoms with Crippen molar-refractivity contribution in [1.82, 2.24) is 10.6 Å². The summed E-state index contributed by atoms with van der Waals surface area (Å²) in [6, 6.07) is 0. The van der Waals surface area contributed by atoms with Crippen LogP contribution < -0.4 is 10.6 Å². The number of carbonyl (C=O) groups excluding carboxylic acids is 1. The fourth-order valence-electron chi connectivity index (χ4n) is 2.19. The summed E-state index contributed by atoms with van der Waals surface area (Å²) >= 11 is 0. The molecule has 0 aromatic rings. The normalized spacial score (nSPS) is 11.4. The van der Waals surface area contributed by atoms with Gasteiger partial charge in [0.25, 0.3) is 0 Å². The van der Waals surface area contributed by atoms with Crippen LogP contribution in [0.2, 0.25) is 0 Å². The Kier molecular flexibility index (Phi) is 22.8. The van der Waals surface area contributed by atoms with Gasteiger partial charge in [-0.3, -0.25) is 0 Å². The van der Waals surface area contributed by atoms with Crippen molar-refractivity contribution in [2.24, 2.45) is 0 Å². The molecule has 0 aliphatic rings. The van der Waals surface area contributed by atoms with E-state index in [0.717, 1.165) is 0 Å². The van der Waals surface area contributed by atoms with Crippen LogP contribution in [0, 0.1) is 0 Å². The molecular formula is C22H44N2O11. The summed E-state index contributed by atoms with van der Waals surface area (Å²) in [6.07, 6.45) is -1.52. The quantitative estimate of drug-likeness (QED) is 0.158. The second kappa shape index (κ2) is 24.0. The number of hydrogen-bond acceptors (Lipinski definition) is 10. The van der Waals surface area contributed by atoms with Gasteiger partial charge in [0, 0.05) is 13.1 Å². The van der Waals surface area contributed by atoms with Crippen LogP contribution in [-0.2, 0) is 37.9 Å². The molecule has 0 bridgehead atoms. The van der Waals surface area contributed by atoms with Crippen LogP contribution in [0.3, 0.4) is 0 Å². The van der Waals surface area contributed by atoms with Crippen molar-refractivity contribution < 1.29 is 52.6 Å². The van der Waals surface area contributed by atoms with Crippen molar-refractivity contribution in [3.05, 3.63) is 0 Å². The molecule has 0 saturated carbocycles. The highest BCUT2D eigenvalue weighted by Crippen LogP contribution is 2.06. The molecule has 35 heavy (non-hydrogen) atoms. The summed E-state index contributed by atoms with van der Waals surface area (Å²) in [5.74, 6) is 0. The zero-order valence-electron chi connectivity index (χ0n) is 21.3. The highest BCUT2D eigenvalue weighted by Gasteiger charge is 2.15. The summed E-state index contributed by atoms with van der Waals surface area (Å²) < 4.78 is 42.6. The van der Waals surface area contributed by atoms with Crippen molar-refractivity contribution in [1.29, 1.82) is 0 Å². The summed E-state index contributed by atoms with van der Waals surface area (Å²) in [5.41, 5.74) is -0.512. The second-order valence-corrected chi connectivity index (χ2v) is 7.95. The first-order chi connectivity index (χ1) is 16.8. The van der Waals surface area contributed by atoms with Crippen molar-refractivity contribution in [3.63, 3.8) is 0 Å². The standard InChI is InChI=1S/C22H44N2O11/c1-22(2,3)35-21(27)24-5-7-29-9-11-31-13-15-33-17-19-34-18-16-32-14-12-30-10-8-28-6-4-23-20(25)26/h23H,4-19H2,1-3H3,(H,24,27)(H,25,26). The zero-order valence-corrected chi connectivity index (χ0v) is 21.3. The molecular weight excluding hydrogens is 468 g/mol. The minimum Gasteiger partial charge on any atom is -0.465 e. The van der Waals surface area contributed by atoms with Crippen LogP contribution in [0.5, 0.6) is 0 Å². The molecule has 0 aliphatic carbocycles. The van der Waals surface area contributed by atoms with E-state index in [9.17, 15) is 9.59 Å². The van der Waals surface area contributed by atoms with Gasteiger partial charge >= 0.3 is 12.2 Å². The van der Waals surface area contributed by atoms with E-state index in [4.69, 9.17) is 43.0 Å². The molecule has 0 rings (SSSR count). The van der Waals surface area contributed by atoms with E-state index in [2.05, 4.69) is 10.6 Å². The first-order valence-corrected chi connectivity index (χ1v) is 11.8. The number of rotatable bonds is 24. The molecule has 0 atom stereocenters. The molecule has 0 aliphatic heterocycles. The highest BCUT2D eigenvalue weighted by molar-refractivity contribution is 5.67. The molecule has 0 fully saturated rings. The smallest absolute Gasteiger partial charge is 0.407 e. The molecule has 13 heteroatoms. The molecule has 0 aromatic carbocycles. The van der Waals surface area contributed by atoms with Gasteiger partial charge in [0.1, 0.15) is 5.60 Å². The fraction of sp³-hybridized carbons (Fsp3) is 0.909. The number of hydrogen-bond donors (Lipinski definition) is 3. The first-order valence-electron chi connectivity index (χ1n) is 11.8. The predicted octanol–water partition coefficient (Wildman–Crippen LogP) is 0.895. The predicted molar refractivity (Wildman–Crippen MR) is 126 cm³/mol. The Morgan fingerprint density at radius 3 is 1.11 bits per heavy atom. The van der Waals surface area contributed by atoms with Crippen LogP contribution in [0.4, 0.5) is 9.59 Å². The van der Waals surface area contributed by atoms with E-state index >= 15 is 0 Å². The Morgan fingerprint density at radius 1 is 0.543 bits per heavy atom. The lowest BCUT2D eigenvalue weighted by Gasteiger charge is -2.19. The average molecular weight is 513 g/mol. The lowest BCUT2D eigenvalue weighted by atomic mass is 10.2. The van der Waals surface area contributed by atoms with E-state index in [0.29, 0.717) is 99.0 Å². The maximum absolute atomic E-state index is 11.4. The van der Waals surface area contributed by atoms with Gasteiger partial charge in [0.2, 0.25) is 0 Å². The van der Waals surface area contributed by atoms with Crippen LogP contribution in [0.15, 0.2) is 0 Å². The van der Waals surface area contributed by atoms with Crippen molar-refractivity contribution >= 4 is 12.2 Å². The summed E-state index contributed by atoms with van der Waals surface area (Å²) in [7, 11) is 0. The Labute approximate surface area is 208 Å². The maximum Gasteiger partial charge on any atom is 0.407 e. The Bertz CT molecular complexity index is 504. The van der Waals surface area contributed by atoms with Gasteiger partial charge in [0.05, 0.1) is 92.5 Å². The number of nitrogens with one attached hydrogen (secondary N) is 2. The maximum atomic E-state index is 11.4. The molecule has 0 saturated heterocycles. The molecule has 0 unspecified atom stereocenters. The third kappa shape index (κ3) is 30.2. The summed E-state index contributed by atoms with van der Waals surface area (Å²) in [5, 5.41) is 13.2. The lowest BCUT2D eigenvalue weighted by molar-refractivity contribution is -0.0203. The summed E-state index contributed by atoms with van der Waals surface area (Å²) in [4.78, 5) is 21.7. The van der Waals surface area contributed by atoms with Gasteiger partial charge < -0.3 is 53.6 Å². The van der Waals surface area contributed by atoms with Gasteiger partial charge in [-0.25, -0.2) is 9.59 Å². The van der Waals surface area contributed by atoms with Crippen LogP contribution in [0.1, 0.15) is 20.8 Å². The fourth-order valence-corrected chi connectivity index (χ4v) is 2.19. The number of amides is 2. The number of carbonyl (C=O) groups is 2. The third-order valence-electron chi connectivity index (χ3n) is 3.67. The molecule has 13 nitrogen and oxygen atoms in total. The Balaban J connectivity index is 3.11. The number of carboxylic acid groups (broad SMARTS) is 1. The van der Waals surface area contributed by atoms with E-state index in [1.165, 1.54) is 0 Å². The molecule has 0 spiro atoms. The van der Waals surface area contributed by atoms with Crippen molar-refractivity contribution in [2.75, 3.05) is 106 Å². The molecule has 208 valence electrons. The third-order valence-corrected chi connectivity index (χ3v) is 3.67. The van der Waals surface area contributed by atoms with Gasteiger partial charge in [-0.05, 0) is 20.8 Å². The van der Waals surface area contributed by atoms with Gasteiger partial charge in [-0.1, -0.05) is 0 Å². The minimum atomic E-state index is -1.06. The van der Waals surface area contributed by atoms with Gasteiger partial charge in [-0.2, -0.15) is 0 Å². The zero-order chi connectivity index (χ0) is 26.0. The highest BCUT2D eigenvalue weighted by atomic mass is 16.6. The molecule has 0 heterocycles. The van der Waals surface area contributed by atoms with E-state index in [-0.39, 0.29) is 6.54 Å². The van der Waals surface area contributed by atoms with Crippen LogP contribution in [0.25, 0.3) is 0 Å². The molecule has 3 N–H and O–H groups in total. The van der Waals surface area contributed by atoms with Crippen LogP contribution >= 0.6 is 0 Å². The SMILES string of the molecule is CC(C)(C)OC(=O)NCCOCCOCCOCCOCCOCCOCCOCCNC(=O)O. The van der Waals surface area contributed by atoms with E-state index in [1.54, 1.807) is 0 Å². The number of ether oxygens (including phenoxy) is 8. The first kappa shape index (κ1) is 33.3. The largest absolute Gasteiger partial charge is 0.465 e. The minimum absolute atomic E-state index is 0.256. The molecule has 2 amide bonds. The summed E-state index contributed by atoms with van der Waals surface area (Å²) in [6.45, 7) is 12.2. The van der Waals surface area contributed by atoms with Crippen molar-refractivity contribution in [2.45, 2.75) is 26.4 Å². The van der Waals surface area contributed by atoms with Gasteiger partial charge in [0.15, 0.2) is 0 Å². The topological polar surface area (TPSA) is 152 Å². The molecule has 0 radical (unpaired) electrons. The monoisotopic (exact) mass is 512 g/mol. The molecule has 0 aromatic heterocycles. The lowest BCUT2D eigenvalue weighted by Crippen LogP contribution is -2.34. The Hall–Kier alpha value is -1.74. The van der Waals surface area contributed by atoms with Crippen molar-refractivity contribution in [3.8, 4) is 0 Å². The second-order valence-electron chi connectivity index (χ2n) is 7.95. The number of alkyl carbamates (subject to hydrolysis) is 1. The van der Waals surface area contributed by atoms with Crippen LogP contribution in [-0.4, -0.2) is 128 Å².